The molecular weight excluding hydrogens is 318 g/mol. The second-order valence-electron chi connectivity index (χ2n) is 5.09. The van der Waals surface area contributed by atoms with E-state index in [1.54, 1.807) is 43.3 Å². The van der Waals surface area contributed by atoms with Crippen molar-refractivity contribution in [3.8, 4) is 0 Å². The highest BCUT2D eigenvalue weighted by atomic mass is 32.2. The predicted molar refractivity (Wildman–Crippen MR) is 87.3 cm³/mol. The van der Waals surface area contributed by atoms with E-state index in [1.807, 2.05) is 0 Å². The summed E-state index contributed by atoms with van der Waals surface area (Å²) in [5.41, 5.74) is 5.49. The summed E-state index contributed by atoms with van der Waals surface area (Å²) in [6, 6.07) is 11.5. The number of rotatable bonds is 6. The second kappa shape index (κ2) is 6.66. The highest BCUT2D eigenvalue weighted by Crippen LogP contribution is 2.10. The molecule has 3 N–H and O–H groups in total. The number of sulfonamides is 1. The summed E-state index contributed by atoms with van der Waals surface area (Å²) < 4.78 is 27.8. The molecule has 0 unspecified atom stereocenters. The van der Waals surface area contributed by atoms with Crippen LogP contribution in [0, 0.1) is 6.92 Å². The SMILES string of the molecule is Cc1ccc(NS(=O)(=O)Cc2ccccc2)c(=O)n1CC(N)=O. The number of amides is 1. The van der Waals surface area contributed by atoms with Crippen LogP contribution in [0.3, 0.4) is 0 Å². The van der Waals surface area contributed by atoms with Gasteiger partial charge < -0.3 is 10.3 Å². The van der Waals surface area contributed by atoms with Gasteiger partial charge in [-0.1, -0.05) is 30.3 Å². The molecule has 7 nitrogen and oxygen atoms in total. The van der Waals surface area contributed by atoms with Crippen LogP contribution in [0.25, 0.3) is 0 Å². The van der Waals surface area contributed by atoms with Crippen molar-refractivity contribution < 1.29 is 13.2 Å². The van der Waals surface area contributed by atoms with Crippen molar-refractivity contribution in [2.75, 3.05) is 4.72 Å². The molecule has 0 aliphatic heterocycles. The molecular formula is C15H17N3O4S. The van der Waals surface area contributed by atoms with Crippen LogP contribution in [0.15, 0.2) is 47.3 Å². The van der Waals surface area contributed by atoms with Gasteiger partial charge in [-0.2, -0.15) is 0 Å². The molecule has 0 radical (unpaired) electrons. The number of aryl methyl sites for hydroxylation is 1. The Labute approximate surface area is 133 Å². The Bertz CT molecular complexity index is 873. The van der Waals surface area contributed by atoms with E-state index in [0.29, 0.717) is 11.3 Å². The lowest BCUT2D eigenvalue weighted by molar-refractivity contribution is -0.118. The van der Waals surface area contributed by atoms with Gasteiger partial charge in [0.05, 0.1) is 5.75 Å². The van der Waals surface area contributed by atoms with Crippen LogP contribution in [0.5, 0.6) is 0 Å². The Morgan fingerprint density at radius 3 is 2.43 bits per heavy atom. The number of nitrogens with zero attached hydrogens (tertiary/aromatic N) is 1. The van der Waals surface area contributed by atoms with Crippen molar-refractivity contribution in [2.24, 2.45) is 5.73 Å². The third-order valence-electron chi connectivity index (χ3n) is 3.17. The van der Waals surface area contributed by atoms with E-state index < -0.39 is 21.5 Å². The quantitative estimate of drug-likeness (QED) is 0.804. The molecule has 0 saturated carbocycles. The van der Waals surface area contributed by atoms with Gasteiger partial charge in [0.1, 0.15) is 12.2 Å². The Balaban J connectivity index is 2.29. The molecule has 0 bridgehead atoms. The zero-order valence-electron chi connectivity index (χ0n) is 12.5. The Hall–Kier alpha value is -2.61. The van der Waals surface area contributed by atoms with Crippen LogP contribution in [0.2, 0.25) is 0 Å². The molecule has 1 amide bonds. The Morgan fingerprint density at radius 1 is 1.17 bits per heavy atom. The van der Waals surface area contributed by atoms with Crippen molar-refractivity contribution in [1.82, 2.24) is 4.57 Å². The van der Waals surface area contributed by atoms with E-state index in [1.165, 1.54) is 6.07 Å². The van der Waals surface area contributed by atoms with Crippen molar-refractivity contribution in [1.29, 1.82) is 0 Å². The minimum absolute atomic E-state index is 0.118. The summed E-state index contributed by atoms with van der Waals surface area (Å²) in [7, 11) is -3.75. The normalized spacial score (nSPS) is 11.2. The molecule has 0 fully saturated rings. The average molecular weight is 335 g/mol. The number of anilines is 1. The van der Waals surface area contributed by atoms with Gasteiger partial charge in [0.2, 0.25) is 15.9 Å². The number of hydrogen-bond acceptors (Lipinski definition) is 4. The number of pyridine rings is 1. The summed E-state index contributed by atoms with van der Waals surface area (Å²) in [5.74, 6) is -0.934. The third-order valence-corrected chi connectivity index (χ3v) is 4.42. The van der Waals surface area contributed by atoms with Gasteiger partial charge in [-0.05, 0) is 24.6 Å². The molecule has 122 valence electrons. The maximum atomic E-state index is 12.3. The first-order valence-electron chi connectivity index (χ1n) is 6.81. The number of primary amides is 1. The number of benzene rings is 1. The topological polar surface area (TPSA) is 111 Å². The summed E-state index contributed by atoms with van der Waals surface area (Å²) >= 11 is 0. The van der Waals surface area contributed by atoms with Gasteiger partial charge in [-0.15, -0.1) is 0 Å². The Morgan fingerprint density at radius 2 is 1.83 bits per heavy atom. The standard InChI is InChI=1S/C15H17N3O4S/c1-11-7-8-13(15(20)18(11)9-14(16)19)17-23(21,22)10-12-5-3-2-4-6-12/h2-8,17H,9-10H2,1H3,(H2,16,19). The van der Waals surface area contributed by atoms with Gasteiger partial charge in [0, 0.05) is 5.69 Å². The minimum atomic E-state index is -3.75. The van der Waals surface area contributed by atoms with Crippen LogP contribution in [0.1, 0.15) is 11.3 Å². The Kier molecular flexibility index (Phi) is 4.85. The number of carbonyl (C=O) groups excluding carboxylic acids is 1. The van der Waals surface area contributed by atoms with Gasteiger partial charge in [-0.3, -0.25) is 14.3 Å². The highest BCUT2D eigenvalue weighted by Gasteiger charge is 2.16. The molecule has 0 aliphatic carbocycles. The van der Waals surface area contributed by atoms with E-state index in [9.17, 15) is 18.0 Å². The van der Waals surface area contributed by atoms with E-state index in [0.717, 1.165) is 4.57 Å². The molecule has 1 aromatic carbocycles. The number of nitrogens with one attached hydrogen (secondary N) is 1. The van der Waals surface area contributed by atoms with Crippen LogP contribution in [0.4, 0.5) is 5.69 Å². The lowest BCUT2D eigenvalue weighted by Gasteiger charge is -2.12. The summed E-state index contributed by atoms with van der Waals surface area (Å²) in [4.78, 5) is 23.3. The summed E-state index contributed by atoms with van der Waals surface area (Å²) in [6.45, 7) is 1.32. The zero-order chi connectivity index (χ0) is 17.0. The lowest BCUT2D eigenvalue weighted by Crippen LogP contribution is -2.32. The molecule has 0 atom stereocenters. The van der Waals surface area contributed by atoms with Gasteiger partial charge in [0.25, 0.3) is 5.56 Å². The molecule has 0 spiro atoms. The number of aromatic nitrogens is 1. The smallest absolute Gasteiger partial charge is 0.275 e. The van der Waals surface area contributed by atoms with Crippen LogP contribution in [-0.2, 0) is 27.1 Å². The molecule has 2 aromatic rings. The maximum absolute atomic E-state index is 12.3. The maximum Gasteiger partial charge on any atom is 0.275 e. The monoisotopic (exact) mass is 335 g/mol. The first kappa shape index (κ1) is 16.8. The highest BCUT2D eigenvalue weighted by molar-refractivity contribution is 7.91. The molecule has 0 aliphatic rings. The van der Waals surface area contributed by atoms with E-state index in [-0.39, 0.29) is 18.0 Å². The summed E-state index contributed by atoms with van der Waals surface area (Å²) in [6.07, 6.45) is 0. The fourth-order valence-corrected chi connectivity index (χ4v) is 3.29. The number of nitrogens with two attached hydrogens (primary N) is 1. The van der Waals surface area contributed by atoms with Gasteiger partial charge in [-0.25, -0.2) is 8.42 Å². The van der Waals surface area contributed by atoms with Crippen molar-refractivity contribution >= 4 is 21.6 Å². The average Bonchev–Trinajstić information content (AvgIpc) is 2.47. The summed E-state index contributed by atoms with van der Waals surface area (Å²) in [5, 5.41) is 0. The van der Waals surface area contributed by atoms with E-state index >= 15 is 0 Å². The molecule has 23 heavy (non-hydrogen) atoms. The lowest BCUT2D eigenvalue weighted by atomic mass is 10.2. The molecule has 1 heterocycles. The van der Waals surface area contributed by atoms with Crippen LogP contribution >= 0.6 is 0 Å². The number of hydrogen-bond donors (Lipinski definition) is 2. The van der Waals surface area contributed by atoms with Crippen molar-refractivity contribution in [3.05, 3.63) is 64.1 Å². The minimum Gasteiger partial charge on any atom is -0.368 e. The van der Waals surface area contributed by atoms with Gasteiger partial charge >= 0.3 is 0 Å². The third kappa shape index (κ3) is 4.43. The molecule has 1 aromatic heterocycles. The fraction of sp³-hybridized carbons (Fsp3) is 0.200. The zero-order valence-corrected chi connectivity index (χ0v) is 13.3. The van der Waals surface area contributed by atoms with Gasteiger partial charge in [0.15, 0.2) is 0 Å². The molecule has 8 heteroatoms. The van der Waals surface area contributed by atoms with Crippen molar-refractivity contribution in [2.45, 2.75) is 19.2 Å². The van der Waals surface area contributed by atoms with Crippen LogP contribution < -0.4 is 16.0 Å². The first-order valence-corrected chi connectivity index (χ1v) is 8.47. The van der Waals surface area contributed by atoms with E-state index in [4.69, 9.17) is 5.73 Å². The van der Waals surface area contributed by atoms with Crippen LogP contribution in [-0.4, -0.2) is 18.9 Å². The van der Waals surface area contributed by atoms with E-state index in [2.05, 4.69) is 4.72 Å². The van der Waals surface area contributed by atoms with Crippen molar-refractivity contribution in [3.63, 3.8) is 0 Å². The first-order chi connectivity index (χ1) is 10.8. The molecule has 2 rings (SSSR count). The second-order valence-corrected chi connectivity index (χ2v) is 6.82. The molecule has 0 saturated heterocycles. The largest absolute Gasteiger partial charge is 0.368 e. The fourth-order valence-electron chi connectivity index (χ4n) is 2.10. The number of carbonyl (C=O) groups is 1. The predicted octanol–water partition coefficient (Wildman–Crippen LogP) is 0.584.